The second kappa shape index (κ2) is 11.2. The highest BCUT2D eigenvalue weighted by Gasteiger charge is 2.25. The third-order valence-electron chi connectivity index (χ3n) is 7.01. The van der Waals surface area contributed by atoms with Crippen molar-refractivity contribution in [2.45, 2.75) is 53.1 Å². The van der Waals surface area contributed by atoms with Crippen LogP contribution in [0.3, 0.4) is 0 Å². The molecule has 6 heteroatoms. The van der Waals surface area contributed by atoms with Gasteiger partial charge in [0.1, 0.15) is 6.04 Å². The Hall–Kier alpha value is -3.31. The molecule has 0 aromatic heterocycles. The Morgan fingerprint density at radius 2 is 1.56 bits per heavy atom. The quantitative estimate of drug-likeness (QED) is 0.355. The number of rotatable bonds is 8. The van der Waals surface area contributed by atoms with Gasteiger partial charge in [-0.15, -0.1) is 0 Å². The number of aryl methyl sites for hydroxylation is 3. The van der Waals surface area contributed by atoms with Gasteiger partial charge in [-0.25, -0.2) is 4.79 Å². The Morgan fingerprint density at radius 1 is 0.917 bits per heavy atom. The summed E-state index contributed by atoms with van der Waals surface area (Å²) in [5, 5.41) is 10.1. The monoisotopic (exact) mass is 506 g/mol. The van der Waals surface area contributed by atoms with Crippen molar-refractivity contribution in [3.05, 3.63) is 87.4 Å². The molecule has 2 atom stereocenters. The number of likely N-dealkylation sites (N-methyl/N-ethyl adjacent to an activating group) is 1. The SMILES string of the molecule is CC[C@H](c1ccc(Cl)c(C)c1)N(C)c1cccc(-c2cc(C)c(C(=O)N(C)[C@@H](C)C(=O)O)c(C)c2)c1. The van der Waals surface area contributed by atoms with Gasteiger partial charge in [-0.3, -0.25) is 4.79 Å². The summed E-state index contributed by atoms with van der Waals surface area (Å²) in [6.45, 7) is 9.51. The highest BCUT2D eigenvalue weighted by Crippen LogP contribution is 2.34. The van der Waals surface area contributed by atoms with Crippen LogP contribution in [0.15, 0.2) is 54.6 Å². The number of halogens is 1. The van der Waals surface area contributed by atoms with Crippen molar-refractivity contribution in [1.82, 2.24) is 4.90 Å². The number of benzene rings is 3. The van der Waals surface area contributed by atoms with E-state index in [4.69, 9.17) is 11.6 Å². The van der Waals surface area contributed by atoms with E-state index in [1.165, 1.54) is 24.4 Å². The number of carbonyl (C=O) groups is 2. The fourth-order valence-electron chi connectivity index (χ4n) is 4.68. The molecule has 0 aliphatic carbocycles. The molecule has 3 rings (SSSR count). The Balaban J connectivity index is 1.94. The molecule has 190 valence electrons. The van der Waals surface area contributed by atoms with E-state index in [-0.39, 0.29) is 11.9 Å². The van der Waals surface area contributed by atoms with Gasteiger partial charge < -0.3 is 14.9 Å². The normalized spacial score (nSPS) is 12.7. The zero-order chi connectivity index (χ0) is 26.7. The Morgan fingerprint density at radius 3 is 2.11 bits per heavy atom. The standard InChI is InChI=1S/C30H35ClN2O3/c1-8-27(23-12-13-26(31)18(2)14-23)33(7)25-11-9-10-22(17-25)24-15-19(3)28(20(4)16-24)29(34)32(6)21(5)30(35)36/h9-17,21,27H,8H2,1-7H3,(H,35,36)/t21-,27+/m0/s1. The third-order valence-corrected chi connectivity index (χ3v) is 7.44. The summed E-state index contributed by atoms with van der Waals surface area (Å²) < 4.78 is 0. The first kappa shape index (κ1) is 27.3. The van der Waals surface area contributed by atoms with E-state index in [0.29, 0.717) is 5.56 Å². The van der Waals surface area contributed by atoms with Gasteiger partial charge in [-0.1, -0.05) is 54.9 Å². The van der Waals surface area contributed by atoms with Gasteiger partial charge in [0, 0.05) is 30.4 Å². The summed E-state index contributed by atoms with van der Waals surface area (Å²) in [6, 6.07) is 17.9. The molecule has 36 heavy (non-hydrogen) atoms. The third kappa shape index (κ3) is 5.57. The van der Waals surface area contributed by atoms with Gasteiger partial charge in [0.25, 0.3) is 5.91 Å². The van der Waals surface area contributed by atoms with E-state index in [1.54, 1.807) is 0 Å². The molecule has 0 heterocycles. The summed E-state index contributed by atoms with van der Waals surface area (Å²) in [5.74, 6) is -1.32. The number of hydrogen-bond acceptors (Lipinski definition) is 3. The number of aliphatic carboxylic acids is 1. The van der Waals surface area contributed by atoms with Crippen LogP contribution < -0.4 is 4.90 Å². The molecule has 0 fully saturated rings. The zero-order valence-electron chi connectivity index (χ0n) is 22.1. The molecule has 0 aliphatic heterocycles. The van der Waals surface area contributed by atoms with Crippen molar-refractivity contribution in [3.8, 4) is 11.1 Å². The van der Waals surface area contributed by atoms with Crippen molar-refractivity contribution in [2.24, 2.45) is 0 Å². The molecular weight excluding hydrogens is 472 g/mol. The lowest BCUT2D eigenvalue weighted by molar-refractivity contribution is -0.141. The average Bonchev–Trinajstić information content (AvgIpc) is 2.85. The van der Waals surface area contributed by atoms with Gasteiger partial charge in [-0.2, -0.15) is 0 Å². The second-order valence-electron chi connectivity index (χ2n) is 9.51. The first-order valence-electron chi connectivity index (χ1n) is 12.2. The van der Waals surface area contributed by atoms with Gasteiger partial charge in [0.05, 0.1) is 6.04 Å². The molecular formula is C30H35ClN2O3. The molecule has 3 aromatic rings. The van der Waals surface area contributed by atoms with Crippen LogP contribution in [0.5, 0.6) is 0 Å². The summed E-state index contributed by atoms with van der Waals surface area (Å²) in [5.41, 5.74) is 7.65. The van der Waals surface area contributed by atoms with Gasteiger partial charge in [0.2, 0.25) is 0 Å². The summed E-state index contributed by atoms with van der Waals surface area (Å²) in [4.78, 5) is 28.0. The number of nitrogens with zero attached hydrogens (tertiary/aromatic N) is 2. The average molecular weight is 507 g/mol. The van der Waals surface area contributed by atoms with Crippen molar-refractivity contribution >= 4 is 29.2 Å². The molecule has 0 saturated heterocycles. The molecule has 1 amide bonds. The van der Waals surface area contributed by atoms with E-state index in [2.05, 4.69) is 49.2 Å². The van der Waals surface area contributed by atoms with Crippen LogP contribution in [0.25, 0.3) is 11.1 Å². The van der Waals surface area contributed by atoms with Crippen LogP contribution in [0.4, 0.5) is 5.69 Å². The van der Waals surface area contributed by atoms with Crippen molar-refractivity contribution in [3.63, 3.8) is 0 Å². The maximum atomic E-state index is 13.1. The lowest BCUT2D eigenvalue weighted by Crippen LogP contribution is -2.40. The minimum atomic E-state index is -1.03. The van der Waals surface area contributed by atoms with Gasteiger partial charge in [0.15, 0.2) is 0 Å². The topological polar surface area (TPSA) is 60.9 Å². The van der Waals surface area contributed by atoms with E-state index in [1.807, 2.05) is 45.0 Å². The molecule has 0 bridgehead atoms. The first-order valence-corrected chi connectivity index (χ1v) is 12.5. The molecule has 5 nitrogen and oxygen atoms in total. The number of amides is 1. The van der Waals surface area contributed by atoms with Crippen molar-refractivity contribution in [1.29, 1.82) is 0 Å². The van der Waals surface area contributed by atoms with E-state index < -0.39 is 12.0 Å². The highest BCUT2D eigenvalue weighted by molar-refractivity contribution is 6.31. The summed E-state index contributed by atoms with van der Waals surface area (Å²) in [6.07, 6.45) is 0.944. The van der Waals surface area contributed by atoms with Crippen LogP contribution >= 0.6 is 11.6 Å². The zero-order valence-corrected chi connectivity index (χ0v) is 22.8. The lowest BCUT2D eigenvalue weighted by atomic mass is 9.94. The maximum absolute atomic E-state index is 13.1. The van der Waals surface area contributed by atoms with Gasteiger partial charge >= 0.3 is 5.97 Å². The smallest absolute Gasteiger partial charge is 0.326 e. The highest BCUT2D eigenvalue weighted by atomic mass is 35.5. The predicted octanol–water partition coefficient (Wildman–Crippen LogP) is 7.06. The summed E-state index contributed by atoms with van der Waals surface area (Å²) in [7, 11) is 3.63. The number of hydrogen-bond donors (Lipinski definition) is 1. The van der Waals surface area contributed by atoms with Crippen LogP contribution in [0.2, 0.25) is 5.02 Å². The summed E-state index contributed by atoms with van der Waals surface area (Å²) >= 11 is 6.25. The molecule has 1 N–H and O–H groups in total. The molecule has 0 aliphatic rings. The van der Waals surface area contributed by atoms with Crippen LogP contribution in [-0.2, 0) is 4.79 Å². The molecule has 0 unspecified atom stereocenters. The number of carbonyl (C=O) groups excluding carboxylic acids is 1. The van der Waals surface area contributed by atoms with E-state index in [0.717, 1.165) is 44.9 Å². The number of carboxylic acids is 1. The van der Waals surface area contributed by atoms with Gasteiger partial charge in [-0.05, 0) is 85.7 Å². The minimum Gasteiger partial charge on any atom is -0.480 e. The Labute approximate surface area is 219 Å². The van der Waals surface area contributed by atoms with Crippen LogP contribution in [0.1, 0.15) is 58.9 Å². The van der Waals surface area contributed by atoms with Crippen molar-refractivity contribution < 1.29 is 14.7 Å². The van der Waals surface area contributed by atoms with Crippen molar-refractivity contribution in [2.75, 3.05) is 19.0 Å². The van der Waals surface area contributed by atoms with E-state index >= 15 is 0 Å². The largest absolute Gasteiger partial charge is 0.480 e. The second-order valence-corrected chi connectivity index (χ2v) is 9.92. The van der Waals surface area contributed by atoms with E-state index in [9.17, 15) is 14.7 Å². The lowest BCUT2D eigenvalue weighted by Gasteiger charge is -2.30. The van der Waals surface area contributed by atoms with Crippen LogP contribution in [-0.4, -0.2) is 42.0 Å². The maximum Gasteiger partial charge on any atom is 0.326 e. The predicted molar refractivity (Wildman–Crippen MR) is 148 cm³/mol. The Bertz CT molecular complexity index is 1260. The molecule has 0 spiro atoms. The minimum absolute atomic E-state index is 0.200. The molecule has 3 aromatic carbocycles. The number of carboxylic acid groups (broad SMARTS) is 1. The molecule has 0 saturated carbocycles. The van der Waals surface area contributed by atoms with Crippen LogP contribution in [0, 0.1) is 20.8 Å². The Kier molecular flexibility index (Phi) is 8.47. The molecule has 0 radical (unpaired) electrons. The number of anilines is 1. The fraction of sp³-hybridized carbons (Fsp3) is 0.333. The first-order chi connectivity index (χ1) is 17.0. The fourth-order valence-corrected chi connectivity index (χ4v) is 4.80.